The highest BCUT2D eigenvalue weighted by molar-refractivity contribution is 7.17. The van der Waals surface area contributed by atoms with Gasteiger partial charge in [-0.15, -0.1) is 22.7 Å². The van der Waals surface area contributed by atoms with E-state index in [1.165, 1.54) is 198 Å². The Balaban J connectivity index is 0.000000156. The molecule has 0 saturated carbocycles. The lowest BCUT2D eigenvalue weighted by Gasteiger charge is -2.38. The van der Waals surface area contributed by atoms with Crippen molar-refractivity contribution in [3.05, 3.63) is 215 Å². The summed E-state index contributed by atoms with van der Waals surface area (Å²) in [6, 6.07) is 14.0. The summed E-state index contributed by atoms with van der Waals surface area (Å²) in [6.07, 6.45) is 9.93. The molecule has 2 heteroatoms. The Kier molecular flexibility index (Phi) is 11.0. The average Bonchev–Trinajstić information content (AvgIpc) is 4.19. The van der Waals surface area contributed by atoms with Crippen LogP contribution in [0.3, 0.4) is 0 Å². The second kappa shape index (κ2) is 16.4. The number of benzene rings is 6. The predicted octanol–water partition coefficient (Wildman–Crippen LogP) is 20.0. The van der Waals surface area contributed by atoms with Gasteiger partial charge in [-0.05, 0) is 356 Å². The minimum Gasteiger partial charge on any atom is -0.144 e. The molecule has 72 heavy (non-hydrogen) atoms. The van der Waals surface area contributed by atoms with Gasteiger partial charge in [-0.1, -0.05) is 42.5 Å². The van der Waals surface area contributed by atoms with Crippen LogP contribution in [0.4, 0.5) is 0 Å². The molecule has 6 aromatic carbocycles. The van der Waals surface area contributed by atoms with Crippen LogP contribution in [0.1, 0.15) is 183 Å². The van der Waals surface area contributed by atoms with Crippen LogP contribution < -0.4 is 0 Å². The minimum absolute atomic E-state index is 0.315. The van der Waals surface area contributed by atoms with E-state index < -0.39 is 0 Å². The van der Waals surface area contributed by atoms with Crippen molar-refractivity contribution in [3.8, 4) is 0 Å². The third kappa shape index (κ3) is 5.92. The zero-order chi connectivity index (χ0) is 51.7. The fourth-order valence-corrected chi connectivity index (χ4v) is 16.6. The van der Waals surface area contributed by atoms with Gasteiger partial charge in [0.1, 0.15) is 0 Å². The van der Waals surface area contributed by atoms with Crippen molar-refractivity contribution in [1.82, 2.24) is 0 Å². The van der Waals surface area contributed by atoms with Crippen molar-refractivity contribution in [2.45, 2.75) is 149 Å². The minimum atomic E-state index is -0.319. The predicted molar refractivity (Wildman–Crippen MR) is 319 cm³/mol. The second-order valence-electron chi connectivity index (χ2n) is 22.5. The molecule has 0 saturated heterocycles. The molecule has 0 unspecified atom stereocenters. The highest BCUT2D eigenvalue weighted by atomic mass is 32.1. The lowest BCUT2D eigenvalue weighted by atomic mass is 9.63. The zero-order valence-corrected chi connectivity index (χ0v) is 48.4. The molecule has 8 aromatic rings. The van der Waals surface area contributed by atoms with E-state index in [0.717, 1.165) is 0 Å². The van der Waals surface area contributed by atoms with Crippen LogP contribution in [0.15, 0.2) is 59.3 Å². The van der Waals surface area contributed by atoms with Crippen LogP contribution in [-0.4, -0.2) is 0 Å². The molecule has 4 aliphatic carbocycles. The number of fused-ring (bicyclic) bond motifs is 16. The van der Waals surface area contributed by atoms with Crippen LogP contribution in [0, 0.1) is 111 Å². The maximum atomic E-state index is 2.56. The van der Waals surface area contributed by atoms with Gasteiger partial charge >= 0.3 is 0 Å². The molecule has 4 aliphatic rings. The van der Waals surface area contributed by atoms with Gasteiger partial charge < -0.3 is 0 Å². The van der Waals surface area contributed by atoms with E-state index in [-0.39, 0.29) is 10.8 Å². The van der Waals surface area contributed by atoms with Crippen LogP contribution in [-0.2, 0) is 10.8 Å². The van der Waals surface area contributed by atoms with Gasteiger partial charge in [0, 0.05) is 9.40 Å². The van der Waals surface area contributed by atoms with Crippen molar-refractivity contribution >= 4 is 77.3 Å². The van der Waals surface area contributed by atoms with Crippen molar-refractivity contribution < 1.29 is 0 Å². The molecule has 0 radical (unpaired) electrons. The Morgan fingerprint density at radius 2 is 0.625 bits per heavy atom. The van der Waals surface area contributed by atoms with E-state index in [9.17, 15) is 0 Å². The van der Waals surface area contributed by atoms with Gasteiger partial charge in [-0.2, -0.15) is 0 Å². The number of thiophene rings is 2. The van der Waals surface area contributed by atoms with Gasteiger partial charge in [-0.3, -0.25) is 0 Å². The molecule has 2 spiro atoms. The highest BCUT2D eigenvalue weighted by Crippen LogP contribution is 2.61. The number of hydrogen-bond acceptors (Lipinski definition) is 2. The fourth-order valence-electron chi connectivity index (χ4n) is 14.8. The van der Waals surface area contributed by atoms with Crippen LogP contribution >= 0.6 is 22.7 Å². The van der Waals surface area contributed by atoms with Crippen molar-refractivity contribution in [1.29, 1.82) is 0 Å². The molecular formula is C70H72S2. The van der Waals surface area contributed by atoms with Crippen molar-refractivity contribution in [2.75, 3.05) is 0 Å². The summed E-state index contributed by atoms with van der Waals surface area (Å²) in [5, 5.41) is 7.29. The molecule has 0 bridgehead atoms. The molecule has 364 valence electrons. The largest absolute Gasteiger partial charge is 0.144 e. The summed E-state index contributed by atoms with van der Waals surface area (Å²) >= 11 is 3.76. The average molecular weight is 977 g/mol. The topological polar surface area (TPSA) is 0 Å². The Labute approximate surface area is 439 Å². The standard InChI is InChI=1S/2C35H36S/c1-17-19(3)25(9)32-30(21(17)5)23(7)24(8)31-22(6)18(2)20(4)26(10)33(31)35(32)15-13-27-11-12-29-28(34(27)35)14-16-36-29;1-17-19(3)25(9)31-29(21(17)5)23(7)24(8)30-22(6)18(2)20(4)26(10)32(30)35(31)15-13-27-11-12-28-14-16-36-34(28)33(27)35/h2*11-16H,1-10H3. The molecule has 0 atom stereocenters. The normalized spacial score (nSPS) is 15.5. The summed E-state index contributed by atoms with van der Waals surface area (Å²) in [5.74, 6) is 0. The zero-order valence-electron chi connectivity index (χ0n) is 46.7. The van der Waals surface area contributed by atoms with Crippen LogP contribution in [0.25, 0.3) is 54.6 Å². The molecule has 0 fully saturated rings. The molecule has 2 heterocycles. The third-order valence-electron chi connectivity index (χ3n) is 20.1. The third-order valence-corrected chi connectivity index (χ3v) is 21.9. The quantitative estimate of drug-likeness (QED) is 0.142. The lowest BCUT2D eigenvalue weighted by Crippen LogP contribution is -2.31. The van der Waals surface area contributed by atoms with Crippen LogP contribution in [0.2, 0.25) is 0 Å². The first-order chi connectivity index (χ1) is 34.1. The first-order valence-corrected chi connectivity index (χ1v) is 28.0. The summed E-state index contributed by atoms with van der Waals surface area (Å²) in [5.41, 5.74) is 45.5. The number of allylic oxidation sites excluding steroid dienone is 6. The molecule has 0 N–H and O–H groups in total. The smallest absolute Gasteiger partial charge is 0.0672 e. The second-order valence-corrected chi connectivity index (χ2v) is 24.4. The van der Waals surface area contributed by atoms with Crippen LogP contribution in [0.5, 0.6) is 0 Å². The summed E-state index contributed by atoms with van der Waals surface area (Å²) in [4.78, 5) is 0. The van der Waals surface area contributed by atoms with Gasteiger partial charge in [0.25, 0.3) is 0 Å². The Morgan fingerprint density at radius 3 is 1.03 bits per heavy atom. The fraction of sp³-hybridized carbons (Fsp3) is 0.314. The van der Waals surface area contributed by atoms with E-state index in [2.05, 4.69) is 210 Å². The maximum absolute atomic E-state index is 2.56. The number of hydrogen-bond donors (Lipinski definition) is 0. The van der Waals surface area contributed by atoms with Gasteiger partial charge in [0.05, 0.1) is 10.8 Å². The monoisotopic (exact) mass is 977 g/mol. The summed E-state index contributed by atoms with van der Waals surface area (Å²) in [6.45, 7) is 46.9. The highest BCUT2D eigenvalue weighted by Gasteiger charge is 2.50. The Morgan fingerprint density at radius 1 is 0.292 bits per heavy atom. The summed E-state index contributed by atoms with van der Waals surface area (Å²) in [7, 11) is 0. The van der Waals surface area contributed by atoms with E-state index >= 15 is 0 Å². The number of rotatable bonds is 0. The Bertz CT molecular complexity index is 3530. The Hall–Kier alpha value is -5.80. The molecular weight excluding hydrogens is 905 g/mol. The van der Waals surface area contributed by atoms with E-state index in [0.29, 0.717) is 0 Å². The van der Waals surface area contributed by atoms with E-state index in [4.69, 9.17) is 0 Å². The van der Waals surface area contributed by atoms with E-state index in [1.807, 2.05) is 22.7 Å². The van der Waals surface area contributed by atoms with Gasteiger partial charge in [-0.25, -0.2) is 0 Å². The molecule has 0 nitrogen and oxygen atoms in total. The first kappa shape index (κ1) is 48.5. The van der Waals surface area contributed by atoms with Gasteiger partial charge in [0.15, 0.2) is 0 Å². The molecule has 12 rings (SSSR count). The first-order valence-electron chi connectivity index (χ1n) is 26.3. The van der Waals surface area contributed by atoms with Crippen molar-refractivity contribution in [3.63, 3.8) is 0 Å². The van der Waals surface area contributed by atoms with E-state index in [1.54, 1.807) is 0 Å². The summed E-state index contributed by atoms with van der Waals surface area (Å²) < 4.78 is 2.80. The maximum Gasteiger partial charge on any atom is 0.0672 e. The lowest BCUT2D eigenvalue weighted by molar-refractivity contribution is 0.773. The molecule has 0 aliphatic heterocycles. The SMILES string of the molecule is CC1=C(C)c2c(C)c(C)c(C)c(C)c2C2(C=Cc3ccc4ccsc4c32)c2c(C)c(C)c(C)c(C)c21.CC1=C(C)c2c(C)c(C)c(C)c(C)c2C2(C=Cc3ccc4sccc4c32)c2c(C)c(C)c(C)c(C)c21. The molecule has 2 aromatic heterocycles. The van der Waals surface area contributed by atoms with Gasteiger partial charge in [0.2, 0.25) is 0 Å². The molecule has 0 amide bonds. The van der Waals surface area contributed by atoms with Crippen molar-refractivity contribution in [2.24, 2.45) is 0 Å².